The second-order valence-corrected chi connectivity index (χ2v) is 3.90. The summed E-state index contributed by atoms with van der Waals surface area (Å²) in [7, 11) is 0. The third-order valence-corrected chi connectivity index (χ3v) is 2.01. The Bertz CT molecular complexity index is 315. The third kappa shape index (κ3) is 3.95. The fourth-order valence-electron chi connectivity index (χ4n) is 1.06. The largest absolute Gasteiger partial charge is 0.394 e. The fourth-order valence-corrected chi connectivity index (χ4v) is 1.06. The molecule has 0 aromatic heterocycles. The monoisotopic (exact) mass is 213 g/mol. The molecule has 0 fully saturated rings. The van der Waals surface area contributed by atoms with Gasteiger partial charge in [-0.05, 0) is 13.0 Å². The molecule has 3 nitrogen and oxygen atoms in total. The quantitative estimate of drug-likeness (QED) is 0.768. The average Bonchev–Trinajstić information content (AvgIpc) is 2.21. The molecule has 0 saturated heterocycles. The van der Waals surface area contributed by atoms with Gasteiger partial charge in [-0.15, -0.1) is 0 Å². The number of aliphatic hydroxyl groups is 1. The predicted molar refractivity (Wildman–Crippen MR) is 55.7 cm³/mol. The summed E-state index contributed by atoms with van der Waals surface area (Å²) in [5.74, 6) is -0.291. The topological polar surface area (TPSA) is 55.5 Å². The molecule has 0 amide bonds. The highest BCUT2D eigenvalue weighted by atomic mass is 19.1. The van der Waals surface area contributed by atoms with E-state index in [9.17, 15) is 4.39 Å². The molecule has 1 aromatic carbocycles. The van der Waals surface area contributed by atoms with Gasteiger partial charge >= 0.3 is 0 Å². The van der Waals surface area contributed by atoms with Gasteiger partial charge in [0, 0.05) is 5.56 Å². The standard InChI is InChI=1S/C11H16FNO2/c1-11(13,7-14)8-15-6-9-4-2-3-5-10(9)12/h2-5,14H,6-8,13H2,1H3. The molecule has 0 aliphatic heterocycles. The number of hydrogen-bond donors (Lipinski definition) is 2. The number of rotatable bonds is 5. The van der Waals surface area contributed by atoms with Crippen LogP contribution in [-0.2, 0) is 11.3 Å². The Morgan fingerprint density at radius 2 is 2.13 bits per heavy atom. The molecular formula is C11H16FNO2. The van der Waals surface area contributed by atoms with Crippen LogP contribution in [-0.4, -0.2) is 23.9 Å². The van der Waals surface area contributed by atoms with Crippen LogP contribution < -0.4 is 5.73 Å². The van der Waals surface area contributed by atoms with E-state index in [-0.39, 0.29) is 25.6 Å². The third-order valence-electron chi connectivity index (χ3n) is 2.01. The maximum absolute atomic E-state index is 13.1. The summed E-state index contributed by atoms with van der Waals surface area (Å²) in [6, 6.07) is 6.41. The summed E-state index contributed by atoms with van der Waals surface area (Å²) in [4.78, 5) is 0. The Labute approximate surface area is 88.7 Å². The molecular weight excluding hydrogens is 197 g/mol. The number of nitrogens with two attached hydrogens (primary N) is 1. The molecule has 0 aliphatic carbocycles. The van der Waals surface area contributed by atoms with Gasteiger partial charge in [-0.3, -0.25) is 0 Å². The van der Waals surface area contributed by atoms with Gasteiger partial charge in [0.1, 0.15) is 5.82 Å². The number of halogens is 1. The van der Waals surface area contributed by atoms with Crippen molar-refractivity contribution >= 4 is 0 Å². The van der Waals surface area contributed by atoms with Crippen molar-refractivity contribution in [2.75, 3.05) is 13.2 Å². The highest BCUT2D eigenvalue weighted by Gasteiger charge is 2.17. The summed E-state index contributed by atoms with van der Waals surface area (Å²) < 4.78 is 18.4. The van der Waals surface area contributed by atoms with Crippen molar-refractivity contribution in [1.82, 2.24) is 0 Å². The lowest BCUT2D eigenvalue weighted by Crippen LogP contribution is -2.44. The van der Waals surface area contributed by atoms with E-state index in [1.807, 2.05) is 0 Å². The lowest BCUT2D eigenvalue weighted by Gasteiger charge is -2.21. The van der Waals surface area contributed by atoms with Gasteiger partial charge in [0.25, 0.3) is 0 Å². The molecule has 0 spiro atoms. The van der Waals surface area contributed by atoms with Crippen molar-refractivity contribution in [2.45, 2.75) is 19.1 Å². The van der Waals surface area contributed by atoms with E-state index in [0.29, 0.717) is 5.56 Å². The van der Waals surface area contributed by atoms with Gasteiger partial charge < -0.3 is 15.6 Å². The highest BCUT2D eigenvalue weighted by Crippen LogP contribution is 2.08. The maximum Gasteiger partial charge on any atom is 0.128 e. The molecule has 0 radical (unpaired) electrons. The Morgan fingerprint density at radius 1 is 1.47 bits per heavy atom. The van der Waals surface area contributed by atoms with E-state index < -0.39 is 5.54 Å². The number of aliphatic hydroxyl groups excluding tert-OH is 1. The Balaban J connectivity index is 2.42. The van der Waals surface area contributed by atoms with Gasteiger partial charge in [0.2, 0.25) is 0 Å². The Morgan fingerprint density at radius 3 is 2.73 bits per heavy atom. The first kappa shape index (κ1) is 12.1. The lowest BCUT2D eigenvalue weighted by molar-refractivity contribution is 0.0523. The summed E-state index contributed by atoms with van der Waals surface area (Å²) in [5, 5.41) is 8.87. The zero-order valence-electron chi connectivity index (χ0n) is 8.74. The molecule has 0 heterocycles. The predicted octanol–water partition coefficient (Wildman–Crippen LogP) is 1.05. The van der Waals surface area contributed by atoms with Gasteiger partial charge in [0.05, 0.1) is 25.4 Å². The molecule has 4 heteroatoms. The minimum absolute atomic E-state index is 0.162. The van der Waals surface area contributed by atoms with E-state index in [0.717, 1.165) is 0 Å². The van der Waals surface area contributed by atoms with Crippen molar-refractivity contribution in [3.63, 3.8) is 0 Å². The van der Waals surface area contributed by atoms with Crippen LogP contribution in [0.2, 0.25) is 0 Å². The highest BCUT2D eigenvalue weighted by molar-refractivity contribution is 5.16. The molecule has 84 valence electrons. The number of benzene rings is 1. The van der Waals surface area contributed by atoms with Crippen LogP contribution in [0.25, 0.3) is 0 Å². The van der Waals surface area contributed by atoms with Crippen LogP contribution in [0.15, 0.2) is 24.3 Å². The molecule has 0 saturated carbocycles. The first-order valence-corrected chi connectivity index (χ1v) is 4.76. The normalized spacial score (nSPS) is 14.9. The van der Waals surface area contributed by atoms with Gasteiger partial charge in [-0.1, -0.05) is 18.2 Å². The second-order valence-electron chi connectivity index (χ2n) is 3.90. The van der Waals surface area contributed by atoms with E-state index in [1.165, 1.54) is 6.07 Å². The minimum Gasteiger partial charge on any atom is -0.394 e. The van der Waals surface area contributed by atoms with E-state index in [1.54, 1.807) is 25.1 Å². The smallest absolute Gasteiger partial charge is 0.128 e. The average molecular weight is 213 g/mol. The van der Waals surface area contributed by atoms with Crippen LogP contribution in [0.1, 0.15) is 12.5 Å². The molecule has 0 bridgehead atoms. The van der Waals surface area contributed by atoms with E-state index in [4.69, 9.17) is 15.6 Å². The van der Waals surface area contributed by atoms with Gasteiger partial charge in [-0.2, -0.15) is 0 Å². The van der Waals surface area contributed by atoms with Gasteiger partial charge in [-0.25, -0.2) is 4.39 Å². The van der Waals surface area contributed by atoms with Crippen LogP contribution >= 0.6 is 0 Å². The zero-order valence-corrected chi connectivity index (χ0v) is 8.74. The zero-order chi connectivity index (χ0) is 11.3. The first-order valence-electron chi connectivity index (χ1n) is 4.76. The Hall–Kier alpha value is -0.970. The summed E-state index contributed by atoms with van der Waals surface area (Å²) in [5.41, 5.74) is 5.37. The van der Waals surface area contributed by atoms with E-state index >= 15 is 0 Å². The van der Waals surface area contributed by atoms with Crippen LogP contribution in [0, 0.1) is 5.82 Å². The SMILES string of the molecule is CC(N)(CO)COCc1ccccc1F. The number of hydrogen-bond acceptors (Lipinski definition) is 3. The number of ether oxygens (including phenoxy) is 1. The van der Waals surface area contributed by atoms with Crippen LogP contribution in [0.5, 0.6) is 0 Å². The molecule has 1 atom stereocenters. The lowest BCUT2D eigenvalue weighted by atomic mass is 10.1. The molecule has 1 aromatic rings. The Kier molecular flexibility index (Phi) is 4.20. The summed E-state index contributed by atoms with van der Waals surface area (Å²) >= 11 is 0. The second kappa shape index (κ2) is 5.21. The molecule has 1 unspecified atom stereocenters. The maximum atomic E-state index is 13.1. The van der Waals surface area contributed by atoms with Gasteiger partial charge in [0.15, 0.2) is 0 Å². The minimum atomic E-state index is -0.773. The molecule has 3 N–H and O–H groups in total. The molecule has 15 heavy (non-hydrogen) atoms. The van der Waals surface area contributed by atoms with Crippen molar-refractivity contribution in [2.24, 2.45) is 5.73 Å². The van der Waals surface area contributed by atoms with Crippen molar-refractivity contribution in [3.8, 4) is 0 Å². The van der Waals surface area contributed by atoms with Crippen molar-refractivity contribution < 1.29 is 14.2 Å². The molecule has 1 rings (SSSR count). The fraction of sp³-hybridized carbons (Fsp3) is 0.455. The van der Waals surface area contributed by atoms with Crippen LogP contribution in [0.3, 0.4) is 0 Å². The van der Waals surface area contributed by atoms with E-state index in [2.05, 4.69) is 0 Å². The van der Waals surface area contributed by atoms with Crippen molar-refractivity contribution in [3.05, 3.63) is 35.6 Å². The van der Waals surface area contributed by atoms with Crippen molar-refractivity contribution in [1.29, 1.82) is 0 Å². The molecule has 0 aliphatic rings. The summed E-state index contributed by atoms with van der Waals surface area (Å²) in [6.45, 7) is 1.87. The van der Waals surface area contributed by atoms with Crippen LogP contribution in [0.4, 0.5) is 4.39 Å². The first-order chi connectivity index (χ1) is 7.05. The summed E-state index contributed by atoms with van der Waals surface area (Å²) in [6.07, 6.45) is 0.